The smallest absolute Gasteiger partial charge is 0.302 e. The van der Waals surface area contributed by atoms with Crippen LogP contribution in [0, 0.1) is 5.82 Å². The molecule has 0 radical (unpaired) electrons. The molecule has 0 amide bonds. The molecule has 0 saturated heterocycles. The zero-order chi connectivity index (χ0) is 21.3. The van der Waals surface area contributed by atoms with Crippen LogP contribution in [0.2, 0.25) is 0 Å². The highest BCUT2D eigenvalue weighted by molar-refractivity contribution is 7.89. The topological polar surface area (TPSA) is 81.4 Å². The number of aromatic nitrogens is 2. The molecule has 2 aromatic carbocycles. The second-order valence-corrected chi connectivity index (χ2v) is 8.60. The lowest BCUT2D eigenvalue weighted by molar-refractivity contribution is 0.415. The minimum Gasteiger partial charge on any atom is -0.302 e. The normalized spacial score (nSPS) is 12.9. The van der Waals surface area contributed by atoms with Gasteiger partial charge in [-0.1, -0.05) is 42.5 Å². The Labute approximate surface area is 167 Å². The minimum absolute atomic E-state index is 0.446. The fraction of sp³-hybridized carbons (Fsp3) is 0.200. The molecule has 0 fully saturated rings. The first-order valence-electron chi connectivity index (χ1n) is 8.69. The van der Waals surface area contributed by atoms with Crippen molar-refractivity contribution in [2.75, 3.05) is 7.05 Å². The van der Waals surface area contributed by atoms with Crippen LogP contribution in [0.1, 0.15) is 17.2 Å². The maximum Gasteiger partial charge on any atom is 0.330 e. The molecule has 3 aromatic rings. The predicted molar refractivity (Wildman–Crippen MR) is 107 cm³/mol. The summed E-state index contributed by atoms with van der Waals surface area (Å²) in [6.07, 6.45) is 1.02. The van der Waals surface area contributed by atoms with Crippen molar-refractivity contribution >= 4 is 10.0 Å². The summed E-state index contributed by atoms with van der Waals surface area (Å²) in [4.78, 5) is 23.9. The van der Waals surface area contributed by atoms with E-state index in [0.717, 1.165) is 19.6 Å². The summed E-state index contributed by atoms with van der Waals surface area (Å²) in [6, 6.07) is 13.5. The SMILES string of the molecule is CN(C(c1ccccc1)c1ccc(F)cc1)S(=O)(=O)c1cn(C)c(=O)n(C)c1=O. The second kappa shape index (κ2) is 7.76. The van der Waals surface area contributed by atoms with Gasteiger partial charge in [-0.25, -0.2) is 17.6 Å². The van der Waals surface area contributed by atoms with Crippen LogP contribution in [0.3, 0.4) is 0 Å². The molecule has 1 heterocycles. The van der Waals surface area contributed by atoms with Crippen LogP contribution < -0.4 is 11.2 Å². The fourth-order valence-corrected chi connectivity index (χ4v) is 4.62. The average Bonchev–Trinajstić information content (AvgIpc) is 2.71. The number of aryl methyl sites for hydroxylation is 1. The van der Waals surface area contributed by atoms with Crippen molar-refractivity contribution in [2.45, 2.75) is 10.9 Å². The molecule has 0 spiro atoms. The zero-order valence-corrected chi connectivity index (χ0v) is 16.9. The molecule has 7 nitrogen and oxygen atoms in total. The molecular formula is C20H20FN3O4S. The average molecular weight is 417 g/mol. The Kier molecular flexibility index (Phi) is 5.54. The van der Waals surface area contributed by atoms with Crippen molar-refractivity contribution in [1.29, 1.82) is 0 Å². The van der Waals surface area contributed by atoms with Gasteiger partial charge in [0, 0.05) is 27.3 Å². The molecular weight excluding hydrogens is 397 g/mol. The number of halogens is 1. The van der Waals surface area contributed by atoms with E-state index in [1.54, 1.807) is 30.3 Å². The molecule has 0 N–H and O–H groups in total. The molecule has 1 atom stereocenters. The summed E-state index contributed by atoms with van der Waals surface area (Å²) in [6.45, 7) is 0. The molecule has 1 aromatic heterocycles. The van der Waals surface area contributed by atoms with Crippen LogP contribution in [0.5, 0.6) is 0 Å². The third kappa shape index (κ3) is 3.79. The molecule has 3 rings (SSSR count). The Bertz CT molecular complexity index is 1250. The summed E-state index contributed by atoms with van der Waals surface area (Å²) in [5, 5.41) is 0. The molecule has 1 unspecified atom stereocenters. The van der Waals surface area contributed by atoms with E-state index in [9.17, 15) is 22.4 Å². The standard InChI is InChI=1S/C20H20FN3O4S/c1-22-13-17(19(25)23(2)20(22)26)29(27,28)24(3)18(14-7-5-4-6-8-14)15-9-11-16(21)12-10-15/h4-13,18H,1-3H3. The van der Waals surface area contributed by atoms with Crippen LogP contribution in [-0.4, -0.2) is 28.9 Å². The highest BCUT2D eigenvalue weighted by Gasteiger charge is 2.33. The predicted octanol–water partition coefficient (Wildman–Crippen LogP) is 1.63. The number of hydrogen-bond acceptors (Lipinski definition) is 4. The molecule has 0 saturated carbocycles. The van der Waals surface area contributed by atoms with Crippen LogP contribution in [-0.2, 0) is 24.1 Å². The van der Waals surface area contributed by atoms with Gasteiger partial charge < -0.3 is 4.57 Å². The lowest BCUT2D eigenvalue weighted by Gasteiger charge is -2.28. The van der Waals surface area contributed by atoms with Gasteiger partial charge >= 0.3 is 5.69 Å². The molecule has 0 aliphatic heterocycles. The van der Waals surface area contributed by atoms with Gasteiger partial charge in [0.1, 0.15) is 5.82 Å². The number of sulfonamides is 1. The van der Waals surface area contributed by atoms with Crippen LogP contribution in [0.4, 0.5) is 4.39 Å². The van der Waals surface area contributed by atoms with E-state index in [1.165, 1.54) is 45.4 Å². The van der Waals surface area contributed by atoms with Crippen LogP contribution in [0.15, 0.2) is 75.3 Å². The Morgan fingerprint density at radius 1 is 0.931 bits per heavy atom. The van der Waals surface area contributed by atoms with Crippen LogP contribution >= 0.6 is 0 Å². The summed E-state index contributed by atoms with van der Waals surface area (Å²) >= 11 is 0. The lowest BCUT2D eigenvalue weighted by Crippen LogP contribution is -2.42. The van der Waals surface area contributed by atoms with E-state index in [2.05, 4.69) is 0 Å². The van der Waals surface area contributed by atoms with Crippen molar-refractivity contribution in [1.82, 2.24) is 13.4 Å². The Balaban J connectivity index is 2.20. The van der Waals surface area contributed by atoms with Crippen molar-refractivity contribution in [3.8, 4) is 0 Å². The third-order valence-corrected chi connectivity index (χ3v) is 6.54. The summed E-state index contributed by atoms with van der Waals surface area (Å²) in [7, 11) is -0.351. The van der Waals surface area contributed by atoms with E-state index in [4.69, 9.17) is 0 Å². The largest absolute Gasteiger partial charge is 0.330 e. The maximum atomic E-state index is 13.4. The van der Waals surface area contributed by atoms with Gasteiger partial charge in [0.15, 0.2) is 4.90 Å². The molecule has 0 aliphatic carbocycles. The molecule has 9 heteroatoms. The number of hydrogen-bond donors (Lipinski definition) is 0. The molecule has 152 valence electrons. The Morgan fingerprint density at radius 2 is 1.48 bits per heavy atom. The van der Waals surface area contributed by atoms with E-state index >= 15 is 0 Å². The molecule has 0 bridgehead atoms. The van der Waals surface area contributed by atoms with Crippen molar-refractivity contribution < 1.29 is 12.8 Å². The quantitative estimate of drug-likeness (QED) is 0.632. The van der Waals surface area contributed by atoms with E-state index in [0.29, 0.717) is 11.1 Å². The summed E-state index contributed by atoms with van der Waals surface area (Å²) in [5.74, 6) is -0.446. The molecule has 0 aliphatic rings. The first kappa shape index (κ1) is 20.7. The number of nitrogens with zero attached hydrogens (tertiary/aromatic N) is 3. The fourth-order valence-electron chi connectivity index (χ4n) is 3.14. The first-order valence-corrected chi connectivity index (χ1v) is 10.1. The second-order valence-electron chi connectivity index (χ2n) is 6.64. The van der Waals surface area contributed by atoms with Crippen LogP contribution in [0.25, 0.3) is 0 Å². The molecule has 29 heavy (non-hydrogen) atoms. The van der Waals surface area contributed by atoms with Crippen molar-refractivity contribution in [3.05, 3.63) is 98.6 Å². The van der Waals surface area contributed by atoms with Gasteiger partial charge in [-0.05, 0) is 23.3 Å². The zero-order valence-electron chi connectivity index (χ0n) is 16.1. The van der Waals surface area contributed by atoms with Gasteiger partial charge in [-0.3, -0.25) is 9.36 Å². The van der Waals surface area contributed by atoms with E-state index in [-0.39, 0.29) is 0 Å². The summed E-state index contributed by atoms with van der Waals surface area (Å²) in [5.41, 5.74) is -0.363. The highest BCUT2D eigenvalue weighted by Crippen LogP contribution is 2.31. The van der Waals surface area contributed by atoms with E-state index < -0.39 is 38.0 Å². The highest BCUT2D eigenvalue weighted by atomic mass is 32.2. The minimum atomic E-state index is -4.29. The van der Waals surface area contributed by atoms with Gasteiger partial charge in [-0.15, -0.1) is 0 Å². The van der Waals surface area contributed by atoms with Gasteiger partial charge in [0.05, 0.1) is 6.04 Å². The lowest BCUT2D eigenvalue weighted by atomic mass is 9.99. The monoisotopic (exact) mass is 417 g/mol. The maximum absolute atomic E-state index is 13.4. The first-order chi connectivity index (χ1) is 13.6. The van der Waals surface area contributed by atoms with Gasteiger partial charge in [0.2, 0.25) is 0 Å². The van der Waals surface area contributed by atoms with Gasteiger partial charge in [0.25, 0.3) is 15.6 Å². The summed E-state index contributed by atoms with van der Waals surface area (Å²) < 4.78 is 43.0. The number of rotatable bonds is 5. The Hall–Kier alpha value is -3.04. The van der Waals surface area contributed by atoms with E-state index in [1.807, 2.05) is 0 Å². The van der Waals surface area contributed by atoms with Crippen molar-refractivity contribution in [3.63, 3.8) is 0 Å². The van der Waals surface area contributed by atoms with Crippen molar-refractivity contribution in [2.24, 2.45) is 14.1 Å². The number of benzene rings is 2. The Morgan fingerprint density at radius 3 is 2.07 bits per heavy atom. The third-order valence-electron chi connectivity index (χ3n) is 4.74. The van der Waals surface area contributed by atoms with Gasteiger partial charge in [-0.2, -0.15) is 4.31 Å².